The Morgan fingerprint density at radius 2 is 1.68 bits per heavy atom. The molecule has 0 aliphatic carbocycles. The van der Waals surface area contributed by atoms with Gasteiger partial charge in [-0.05, 0) is 85.5 Å². The number of hydrogen-bond acceptors (Lipinski definition) is 3. The SMILES string of the molecule is Cc1ccc(C(=O)Nc2cccnc2C2CCCCNC2)cc1-c1cc(C(F)(F)F)cc(C(F)(F)F)c1. The van der Waals surface area contributed by atoms with Crippen molar-refractivity contribution in [3.05, 3.63) is 82.7 Å². The molecule has 1 saturated heterocycles. The first-order valence-corrected chi connectivity index (χ1v) is 11.8. The summed E-state index contributed by atoms with van der Waals surface area (Å²) in [5.74, 6) is -0.446. The van der Waals surface area contributed by atoms with Crippen molar-refractivity contribution in [2.24, 2.45) is 0 Å². The highest BCUT2D eigenvalue weighted by molar-refractivity contribution is 6.05. The first-order valence-electron chi connectivity index (χ1n) is 11.8. The number of hydrogen-bond donors (Lipinski definition) is 2. The molecule has 0 bridgehead atoms. The smallest absolute Gasteiger partial charge is 0.320 e. The molecule has 10 heteroatoms. The minimum atomic E-state index is -4.97. The largest absolute Gasteiger partial charge is 0.416 e. The first kappa shape index (κ1) is 26.7. The molecular formula is C27H25F6N3O. The predicted molar refractivity (Wildman–Crippen MR) is 128 cm³/mol. The number of amides is 1. The third-order valence-electron chi connectivity index (χ3n) is 6.42. The molecule has 4 rings (SSSR count). The van der Waals surface area contributed by atoms with Gasteiger partial charge in [-0.15, -0.1) is 0 Å². The summed E-state index contributed by atoms with van der Waals surface area (Å²) < 4.78 is 80.3. The van der Waals surface area contributed by atoms with E-state index in [-0.39, 0.29) is 28.7 Å². The van der Waals surface area contributed by atoms with Crippen molar-refractivity contribution < 1.29 is 31.1 Å². The Bertz CT molecular complexity index is 1250. The van der Waals surface area contributed by atoms with Crippen molar-refractivity contribution >= 4 is 11.6 Å². The van der Waals surface area contributed by atoms with Crippen LogP contribution in [0.15, 0.2) is 54.7 Å². The number of alkyl halides is 6. The molecule has 2 N–H and O–H groups in total. The lowest BCUT2D eigenvalue weighted by Gasteiger charge is -2.18. The molecule has 37 heavy (non-hydrogen) atoms. The number of pyridine rings is 1. The lowest BCUT2D eigenvalue weighted by atomic mass is 9.94. The quantitative estimate of drug-likeness (QED) is 0.357. The van der Waals surface area contributed by atoms with Gasteiger partial charge in [0, 0.05) is 24.2 Å². The maximum atomic E-state index is 13.4. The van der Waals surface area contributed by atoms with Gasteiger partial charge in [0.2, 0.25) is 0 Å². The average Bonchev–Trinajstić information content (AvgIpc) is 3.13. The minimum absolute atomic E-state index is 0.0850. The molecule has 3 aromatic rings. The van der Waals surface area contributed by atoms with Crippen LogP contribution in [0.5, 0.6) is 0 Å². The molecule has 0 radical (unpaired) electrons. The fourth-order valence-corrected chi connectivity index (χ4v) is 4.48. The van der Waals surface area contributed by atoms with E-state index in [1.807, 2.05) is 0 Å². The van der Waals surface area contributed by atoms with Gasteiger partial charge in [0.25, 0.3) is 5.91 Å². The number of rotatable bonds is 4. The van der Waals surface area contributed by atoms with E-state index < -0.39 is 29.4 Å². The molecule has 1 aromatic heterocycles. The van der Waals surface area contributed by atoms with Gasteiger partial charge in [-0.1, -0.05) is 12.5 Å². The predicted octanol–water partition coefficient (Wildman–Crippen LogP) is 7.20. The van der Waals surface area contributed by atoms with Crippen LogP contribution < -0.4 is 10.6 Å². The Morgan fingerprint density at radius 3 is 2.35 bits per heavy atom. The van der Waals surface area contributed by atoms with Crippen LogP contribution in [0, 0.1) is 6.92 Å². The number of halogens is 6. The maximum Gasteiger partial charge on any atom is 0.416 e. The van der Waals surface area contributed by atoms with Gasteiger partial charge in [0.1, 0.15) is 0 Å². The zero-order valence-electron chi connectivity index (χ0n) is 19.9. The second-order valence-electron chi connectivity index (χ2n) is 9.11. The summed E-state index contributed by atoms with van der Waals surface area (Å²) in [6.07, 6.45) is -5.34. The zero-order chi connectivity index (χ0) is 26.8. The Labute approximate surface area is 210 Å². The summed E-state index contributed by atoms with van der Waals surface area (Å²) in [5.41, 5.74) is -1.24. The Balaban J connectivity index is 1.69. The van der Waals surface area contributed by atoms with E-state index in [0.717, 1.165) is 31.5 Å². The van der Waals surface area contributed by atoms with Crippen LogP contribution in [0.25, 0.3) is 11.1 Å². The lowest BCUT2D eigenvalue weighted by Crippen LogP contribution is -2.22. The Kier molecular flexibility index (Phi) is 7.59. The van der Waals surface area contributed by atoms with Gasteiger partial charge in [-0.25, -0.2) is 0 Å². The summed E-state index contributed by atoms with van der Waals surface area (Å²) in [7, 11) is 0. The summed E-state index contributed by atoms with van der Waals surface area (Å²) in [6, 6.07) is 9.11. The normalized spacial score (nSPS) is 16.8. The van der Waals surface area contributed by atoms with Gasteiger partial charge in [0.15, 0.2) is 0 Å². The van der Waals surface area contributed by atoms with Crippen LogP contribution >= 0.6 is 0 Å². The number of benzene rings is 2. The third-order valence-corrected chi connectivity index (χ3v) is 6.42. The topological polar surface area (TPSA) is 54.0 Å². The molecule has 1 aliphatic rings. The van der Waals surface area contributed by atoms with E-state index in [0.29, 0.717) is 29.9 Å². The van der Waals surface area contributed by atoms with E-state index in [9.17, 15) is 31.1 Å². The highest BCUT2D eigenvalue weighted by atomic mass is 19.4. The number of carbonyl (C=O) groups excluding carboxylic acids is 1. The second kappa shape index (κ2) is 10.5. The number of aryl methyl sites for hydroxylation is 1. The molecule has 4 nitrogen and oxygen atoms in total. The van der Waals surface area contributed by atoms with Gasteiger partial charge in [-0.2, -0.15) is 26.3 Å². The molecular weight excluding hydrogens is 496 g/mol. The van der Waals surface area contributed by atoms with Gasteiger partial charge in [0.05, 0.1) is 22.5 Å². The van der Waals surface area contributed by atoms with E-state index in [1.54, 1.807) is 25.3 Å². The molecule has 2 aromatic carbocycles. The first-order chi connectivity index (χ1) is 17.4. The molecule has 1 aliphatic heterocycles. The third kappa shape index (κ3) is 6.30. The summed E-state index contributed by atoms with van der Waals surface area (Å²) in [5, 5.41) is 6.18. The van der Waals surface area contributed by atoms with Crippen molar-refractivity contribution in [3.8, 4) is 11.1 Å². The van der Waals surface area contributed by atoms with Crippen LogP contribution in [-0.4, -0.2) is 24.0 Å². The highest BCUT2D eigenvalue weighted by Crippen LogP contribution is 2.39. The van der Waals surface area contributed by atoms with Crippen molar-refractivity contribution in [3.63, 3.8) is 0 Å². The Morgan fingerprint density at radius 1 is 0.973 bits per heavy atom. The number of anilines is 1. The van der Waals surface area contributed by atoms with Crippen LogP contribution in [0.3, 0.4) is 0 Å². The monoisotopic (exact) mass is 521 g/mol. The van der Waals surface area contributed by atoms with Crippen molar-refractivity contribution in [2.75, 3.05) is 18.4 Å². The van der Waals surface area contributed by atoms with Crippen molar-refractivity contribution in [1.82, 2.24) is 10.3 Å². The summed E-state index contributed by atoms with van der Waals surface area (Å²) in [6.45, 7) is 3.18. The zero-order valence-corrected chi connectivity index (χ0v) is 19.9. The molecule has 0 saturated carbocycles. The van der Waals surface area contributed by atoms with Crippen molar-refractivity contribution in [1.29, 1.82) is 0 Å². The number of nitrogens with one attached hydrogen (secondary N) is 2. The molecule has 0 spiro atoms. The van der Waals surface area contributed by atoms with Crippen LogP contribution in [0.4, 0.5) is 32.0 Å². The highest BCUT2D eigenvalue weighted by Gasteiger charge is 2.37. The van der Waals surface area contributed by atoms with Crippen molar-refractivity contribution in [2.45, 2.75) is 44.5 Å². The minimum Gasteiger partial charge on any atom is -0.320 e. The average molecular weight is 522 g/mol. The van der Waals surface area contributed by atoms with Gasteiger partial charge < -0.3 is 10.6 Å². The summed E-state index contributed by atoms with van der Waals surface area (Å²) >= 11 is 0. The fourth-order valence-electron chi connectivity index (χ4n) is 4.48. The van der Waals surface area contributed by atoms with E-state index >= 15 is 0 Å². The number of aromatic nitrogens is 1. The number of carbonyl (C=O) groups is 1. The lowest BCUT2D eigenvalue weighted by molar-refractivity contribution is -0.143. The standard InChI is InChI=1S/C27H25F6N3O/c1-16-7-8-17(13-22(16)19-11-20(26(28,29)30)14-21(12-19)27(31,32)33)25(37)36-23-6-4-10-35-24(23)18-5-2-3-9-34-15-18/h4,6-8,10-14,18,34H,2-3,5,9,15H2,1H3,(H,36,37). The number of nitrogens with zero attached hydrogens (tertiary/aromatic N) is 1. The molecule has 1 unspecified atom stereocenters. The summed E-state index contributed by atoms with van der Waals surface area (Å²) in [4.78, 5) is 17.6. The van der Waals surface area contributed by atoms with E-state index in [1.165, 1.54) is 18.2 Å². The maximum absolute atomic E-state index is 13.4. The van der Waals surface area contributed by atoms with E-state index in [4.69, 9.17) is 0 Å². The van der Waals surface area contributed by atoms with Crippen LogP contribution in [0.1, 0.15) is 57.9 Å². The molecule has 1 atom stereocenters. The molecule has 1 amide bonds. The second-order valence-corrected chi connectivity index (χ2v) is 9.11. The Hall–Kier alpha value is -3.40. The molecule has 196 valence electrons. The molecule has 2 heterocycles. The van der Waals surface area contributed by atoms with Crippen LogP contribution in [0.2, 0.25) is 0 Å². The fraction of sp³-hybridized carbons (Fsp3) is 0.333. The van der Waals surface area contributed by atoms with E-state index in [2.05, 4.69) is 15.6 Å². The van der Waals surface area contributed by atoms with Gasteiger partial charge in [-0.3, -0.25) is 9.78 Å². The van der Waals surface area contributed by atoms with Gasteiger partial charge >= 0.3 is 12.4 Å². The van der Waals surface area contributed by atoms with Crippen LogP contribution in [-0.2, 0) is 12.4 Å². The molecule has 1 fully saturated rings.